The average molecular weight is 423 g/mol. The molecule has 6 rings (SSSR count). The Balaban J connectivity index is 1.41. The topological polar surface area (TPSA) is 79.1 Å². The maximum absolute atomic E-state index is 6.56. The van der Waals surface area contributed by atoms with Crippen molar-refractivity contribution in [3.63, 3.8) is 0 Å². The largest absolute Gasteiger partial charge is 0.454 e. The van der Waals surface area contributed by atoms with Crippen LogP contribution in [-0.4, -0.2) is 28.0 Å². The van der Waals surface area contributed by atoms with Crippen molar-refractivity contribution < 1.29 is 18.9 Å². The van der Waals surface area contributed by atoms with Crippen molar-refractivity contribution in [1.82, 2.24) is 14.4 Å². The van der Waals surface area contributed by atoms with Crippen molar-refractivity contribution in [2.75, 3.05) is 18.9 Å². The molecular weight excluding hydrogens is 408 g/mol. The maximum Gasteiger partial charge on any atom is 0.231 e. The van der Waals surface area contributed by atoms with E-state index in [4.69, 9.17) is 35.5 Å². The van der Waals surface area contributed by atoms with Crippen LogP contribution >= 0.6 is 11.6 Å². The van der Waals surface area contributed by atoms with Crippen molar-refractivity contribution in [3.05, 3.63) is 59.5 Å². The third kappa shape index (κ3) is 2.76. The van der Waals surface area contributed by atoms with Gasteiger partial charge in [0.25, 0.3) is 0 Å². The highest BCUT2D eigenvalue weighted by molar-refractivity contribution is 6.33. The summed E-state index contributed by atoms with van der Waals surface area (Å²) in [5.41, 5.74) is 3.20. The van der Waals surface area contributed by atoms with Gasteiger partial charge in [-0.25, -0.2) is 4.98 Å². The van der Waals surface area contributed by atoms with Crippen LogP contribution in [0.5, 0.6) is 23.0 Å². The van der Waals surface area contributed by atoms with E-state index in [1.54, 1.807) is 18.5 Å². The molecule has 2 aliphatic heterocycles. The summed E-state index contributed by atoms with van der Waals surface area (Å²) in [5.74, 6) is 3.57. The van der Waals surface area contributed by atoms with Crippen LogP contribution in [0, 0.1) is 0 Å². The van der Waals surface area contributed by atoms with Gasteiger partial charge in [-0.15, -0.1) is 0 Å². The Labute approximate surface area is 175 Å². The Hall–Kier alpha value is -3.65. The lowest BCUT2D eigenvalue weighted by Crippen LogP contribution is -2.03. The molecule has 1 N–H and O–H groups in total. The number of imidazole rings is 1. The van der Waals surface area contributed by atoms with E-state index in [9.17, 15) is 0 Å². The van der Waals surface area contributed by atoms with Crippen LogP contribution in [0.15, 0.2) is 48.9 Å². The fourth-order valence-electron chi connectivity index (χ4n) is 3.60. The predicted octanol–water partition coefficient (Wildman–Crippen LogP) is 4.12. The number of nitrogens with zero attached hydrogens (tertiary/aromatic N) is 3. The number of anilines is 1. The normalized spacial score (nSPS) is 13.8. The second-order valence-corrected chi connectivity index (χ2v) is 7.25. The molecule has 4 heterocycles. The molecule has 0 atom stereocenters. The molecule has 0 saturated carbocycles. The molecular formula is C21H15ClN4O4. The van der Waals surface area contributed by atoms with Gasteiger partial charge in [0, 0.05) is 30.6 Å². The zero-order valence-corrected chi connectivity index (χ0v) is 16.3. The molecule has 2 aliphatic rings. The SMILES string of the molecule is Clc1cc2c(cc1-c1nc3cnccn3c1NCc1ccc3c(c1)OCO3)OCO2. The first-order valence-electron chi connectivity index (χ1n) is 9.30. The Morgan fingerprint density at radius 1 is 0.967 bits per heavy atom. The van der Waals surface area contributed by atoms with E-state index in [1.807, 2.05) is 34.9 Å². The second-order valence-electron chi connectivity index (χ2n) is 6.84. The van der Waals surface area contributed by atoms with Crippen LogP contribution in [-0.2, 0) is 6.54 Å². The van der Waals surface area contributed by atoms with E-state index in [0.29, 0.717) is 34.4 Å². The van der Waals surface area contributed by atoms with Crippen molar-refractivity contribution in [3.8, 4) is 34.3 Å². The molecule has 0 aliphatic carbocycles. The summed E-state index contributed by atoms with van der Waals surface area (Å²) in [6, 6.07) is 9.48. The first-order chi connectivity index (χ1) is 14.8. The van der Waals surface area contributed by atoms with Crippen molar-refractivity contribution in [2.45, 2.75) is 6.54 Å². The number of halogens is 1. The molecule has 0 fully saturated rings. The molecule has 0 spiro atoms. The lowest BCUT2D eigenvalue weighted by molar-refractivity contribution is 0.173. The van der Waals surface area contributed by atoms with Crippen LogP contribution in [0.4, 0.5) is 5.82 Å². The second kappa shape index (κ2) is 6.70. The highest BCUT2D eigenvalue weighted by Crippen LogP contribution is 2.43. The number of hydrogen-bond donors (Lipinski definition) is 1. The van der Waals surface area contributed by atoms with E-state index in [0.717, 1.165) is 28.4 Å². The van der Waals surface area contributed by atoms with Gasteiger partial charge in [-0.1, -0.05) is 17.7 Å². The van der Waals surface area contributed by atoms with E-state index in [-0.39, 0.29) is 13.6 Å². The Morgan fingerprint density at radius 2 is 1.73 bits per heavy atom. The third-order valence-electron chi connectivity index (χ3n) is 5.04. The molecule has 0 bridgehead atoms. The lowest BCUT2D eigenvalue weighted by atomic mass is 10.1. The number of hydrogen-bond acceptors (Lipinski definition) is 7. The minimum atomic E-state index is 0.180. The number of fused-ring (bicyclic) bond motifs is 3. The van der Waals surface area contributed by atoms with Crippen LogP contribution in [0.1, 0.15) is 5.56 Å². The van der Waals surface area contributed by atoms with Gasteiger partial charge in [0.15, 0.2) is 28.6 Å². The minimum absolute atomic E-state index is 0.180. The van der Waals surface area contributed by atoms with Gasteiger partial charge in [-0.05, 0) is 23.8 Å². The van der Waals surface area contributed by atoms with E-state index in [2.05, 4.69) is 10.3 Å². The van der Waals surface area contributed by atoms with Crippen LogP contribution in [0.3, 0.4) is 0 Å². The monoisotopic (exact) mass is 422 g/mol. The fraction of sp³-hybridized carbons (Fsp3) is 0.143. The van der Waals surface area contributed by atoms with Crippen molar-refractivity contribution >= 4 is 23.1 Å². The number of ether oxygens (including phenoxy) is 4. The Morgan fingerprint density at radius 3 is 2.60 bits per heavy atom. The highest BCUT2D eigenvalue weighted by Gasteiger charge is 2.22. The summed E-state index contributed by atoms with van der Waals surface area (Å²) in [6.07, 6.45) is 5.27. The molecule has 8 nitrogen and oxygen atoms in total. The number of nitrogens with one attached hydrogen (secondary N) is 1. The molecule has 0 amide bonds. The van der Waals surface area contributed by atoms with Gasteiger partial charge in [0.2, 0.25) is 13.6 Å². The van der Waals surface area contributed by atoms with Crippen LogP contribution < -0.4 is 24.3 Å². The van der Waals surface area contributed by atoms with Crippen molar-refractivity contribution in [1.29, 1.82) is 0 Å². The Kier molecular flexibility index (Phi) is 3.85. The summed E-state index contributed by atoms with van der Waals surface area (Å²) in [5, 5.41) is 4.01. The summed E-state index contributed by atoms with van der Waals surface area (Å²) in [6.45, 7) is 0.987. The number of rotatable bonds is 4. The Bertz CT molecular complexity index is 1290. The summed E-state index contributed by atoms with van der Waals surface area (Å²) < 4.78 is 23.8. The number of benzene rings is 2. The highest BCUT2D eigenvalue weighted by atomic mass is 35.5. The zero-order valence-electron chi connectivity index (χ0n) is 15.6. The van der Waals surface area contributed by atoms with Gasteiger partial charge in [-0.3, -0.25) is 9.38 Å². The molecule has 0 saturated heterocycles. The maximum atomic E-state index is 6.56. The molecule has 2 aromatic heterocycles. The van der Waals surface area contributed by atoms with Gasteiger partial charge in [-0.2, -0.15) is 0 Å². The molecule has 150 valence electrons. The smallest absolute Gasteiger partial charge is 0.231 e. The van der Waals surface area contributed by atoms with Gasteiger partial charge < -0.3 is 24.3 Å². The van der Waals surface area contributed by atoms with Crippen LogP contribution in [0.2, 0.25) is 5.02 Å². The summed E-state index contributed by atoms with van der Waals surface area (Å²) >= 11 is 6.56. The molecule has 2 aromatic carbocycles. The van der Waals surface area contributed by atoms with Gasteiger partial charge in [0.1, 0.15) is 11.5 Å². The third-order valence-corrected chi connectivity index (χ3v) is 5.36. The average Bonchev–Trinajstić information content (AvgIpc) is 3.49. The number of aromatic nitrogens is 3. The molecule has 30 heavy (non-hydrogen) atoms. The first kappa shape index (κ1) is 17.2. The standard InChI is InChI=1S/C21H15ClN4O4/c22-14-7-18-17(29-11-30-18)6-13(14)20-21(26-4-3-23-9-19(26)25-20)24-8-12-1-2-15-16(5-12)28-10-27-15/h1-7,9,24H,8,10-11H2. The zero-order chi connectivity index (χ0) is 20.1. The van der Waals surface area contributed by atoms with E-state index in [1.165, 1.54) is 0 Å². The van der Waals surface area contributed by atoms with E-state index >= 15 is 0 Å². The molecule has 9 heteroatoms. The van der Waals surface area contributed by atoms with Gasteiger partial charge >= 0.3 is 0 Å². The molecule has 0 unspecified atom stereocenters. The fourth-order valence-corrected chi connectivity index (χ4v) is 3.84. The lowest BCUT2D eigenvalue weighted by Gasteiger charge is -2.11. The summed E-state index contributed by atoms with van der Waals surface area (Å²) in [4.78, 5) is 8.93. The molecule has 0 radical (unpaired) electrons. The summed E-state index contributed by atoms with van der Waals surface area (Å²) in [7, 11) is 0. The van der Waals surface area contributed by atoms with Crippen LogP contribution in [0.25, 0.3) is 16.9 Å². The van der Waals surface area contributed by atoms with Gasteiger partial charge in [0.05, 0.1) is 11.2 Å². The van der Waals surface area contributed by atoms with Crippen molar-refractivity contribution in [2.24, 2.45) is 0 Å². The van der Waals surface area contributed by atoms with E-state index < -0.39 is 0 Å². The molecule has 4 aromatic rings. The predicted molar refractivity (Wildman–Crippen MR) is 109 cm³/mol. The minimum Gasteiger partial charge on any atom is -0.454 e. The first-order valence-corrected chi connectivity index (χ1v) is 9.68. The quantitative estimate of drug-likeness (QED) is 0.530.